The summed E-state index contributed by atoms with van der Waals surface area (Å²) in [5.41, 5.74) is 1.09. The minimum atomic E-state index is -0.151. The highest BCUT2D eigenvalue weighted by Crippen LogP contribution is 2.22. The first-order valence-electron chi connectivity index (χ1n) is 9.27. The van der Waals surface area contributed by atoms with Crippen LogP contribution in [0.2, 0.25) is 0 Å². The van der Waals surface area contributed by atoms with Gasteiger partial charge in [-0.3, -0.25) is 10.1 Å². The summed E-state index contributed by atoms with van der Waals surface area (Å²) in [5.74, 6) is 2.84. The maximum absolute atomic E-state index is 12.1. The smallest absolute Gasteiger partial charge is 0.322 e. The molecule has 1 N–H and O–H groups in total. The lowest BCUT2D eigenvalue weighted by Crippen LogP contribution is -2.12. The second kappa shape index (κ2) is 10.9. The van der Waals surface area contributed by atoms with Gasteiger partial charge in [-0.25, -0.2) is 0 Å². The van der Waals surface area contributed by atoms with Crippen molar-refractivity contribution in [2.45, 2.75) is 29.6 Å². The predicted molar refractivity (Wildman–Crippen MR) is 117 cm³/mol. The normalized spacial score (nSPS) is 10.7. The largest absolute Gasteiger partial charge is 0.497 e. The molecule has 1 heterocycles. The first kappa shape index (κ1) is 21.3. The zero-order valence-electron chi connectivity index (χ0n) is 16.4. The van der Waals surface area contributed by atoms with Crippen molar-refractivity contribution >= 4 is 35.4 Å². The fraction of sp³-hybridized carbons (Fsp3) is 0.286. The number of carbonyl (C=O) groups is 1. The van der Waals surface area contributed by atoms with E-state index in [-0.39, 0.29) is 11.9 Å². The van der Waals surface area contributed by atoms with E-state index in [2.05, 4.69) is 46.7 Å². The van der Waals surface area contributed by atoms with Crippen molar-refractivity contribution < 1.29 is 13.9 Å². The molecule has 2 aromatic carbocycles. The molecule has 0 atom stereocenters. The van der Waals surface area contributed by atoms with Gasteiger partial charge in [0.25, 0.3) is 0 Å². The van der Waals surface area contributed by atoms with Gasteiger partial charge < -0.3 is 9.15 Å². The topological polar surface area (TPSA) is 77.2 Å². The van der Waals surface area contributed by atoms with Crippen LogP contribution in [0.5, 0.6) is 5.75 Å². The summed E-state index contributed by atoms with van der Waals surface area (Å²) in [6.07, 6.45) is 0.887. The molecule has 0 radical (unpaired) electrons. The van der Waals surface area contributed by atoms with Crippen LogP contribution in [0.1, 0.15) is 24.8 Å². The predicted octanol–water partition coefficient (Wildman–Crippen LogP) is 4.90. The van der Waals surface area contributed by atoms with Gasteiger partial charge in [-0.2, -0.15) is 0 Å². The Morgan fingerprint density at radius 3 is 2.41 bits per heavy atom. The molecular weight excluding hydrogens is 406 g/mol. The van der Waals surface area contributed by atoms with Gasteiger partial charge >= 0.3 is 6.01 Å². The van der Waals surface area contributed by atoms with Crippen molar-refractivity contribution in [3.8, 4) is 5.75 Å². The number of benzene rings is 2. The molecule has 29 heavy (non-hydrogen) atoms. The standard InChI is InChI=1S/C21H23N3O3S2/c1-3-28-17-8-4-15(5-9-17)14-20-23-24-21(27-20)22-19(25)12-13-29-18-10-6-16(26-2)7-11-18/h4-11H,3,12-14H2,1-2H3,(H,22,24,25). The van der Waals surface area contributed by atoms with Crippen LogP contribution in [0.25, 0.3) is 0 Å². The van der Waals surface area contributed by atoms with Crippen LogP contribution in [-0.4, -0.2) is 34.7 Å². The van der Waals surface area contributed by atoms with Crippen LogP contribution in [0, 0.1) is 0 Å². The Morgan fingerprint density at radius 2 is 1.72 bits per heavy atom. The quantitative estimate of drug-likeness (QED) is 0.459. The fourth-order valence-electron chi connectivity index (χ4n) is 2.54. The third-order valence-corrected chi connectivity index (χ3v) is 5.87. The van der Waals surface area contributed by atoms with E-state index in [1.165, 1.54) is 4.90 Å². The molecule has 152 valence electrons. The van der Waals surface area contributed by atoms with E-state index in [0.717, 1.165) is 22.0 Å². The van der Waals surface area contributed by atoms with Crippen molar-refractivity contribution in [3.63, 3.8) is 0 Å². The summed E-state index contributed by atoms with van der Waals surface area (Å²) < 4.78 is 10.7. The Morgan fingerprint density at radius 1 is 1.03 bits per heavy atom. The molecule has 0 fully saturated rings. The molecule has 0 bridgehead atoms. The van der Waals surface area contributed by atoms with Crippen molar-refractivity contribution in [2.24, 2.45) is 0 Å². The number of anilines is 1. The van der Waals surface area contributed by atoms with Crippen LogP contribution in [0.3, 0.4) is 0 Å². The number of nitrogens with one attached hydrogen (secondary N) is 1. The number of hydrogen-bond donors (Lipinski definition) is 1. The number of rotatable bonds is 10. The highest BCUT2D eigenvalue weighted by molar-refractivity contribution is 7.99. The number of methoxy groups -OCH3 is 1. The van der Waals surface area contributed by atoms with Crippen molar-refractivity contribution in [3.05, 3.63) is 60.0 Å². The monoisotopic (exact) mass is 429 g/mol. The lowest BCUT2D eigenvalue weighted by Gasteiger charge is -2.03. The van der Waals surface area contributed by atoms with Gasteiger partial charge in [0.1, 0.15) is 5.75 Å². The molecule has 0 spiro atoms. The SMILES string of the molecule is CCSc1ccc(Cc2nnc(NC(=O)CCSc3ccc(OC)cc3)o2)cc1. The Balaban J connectivity index is 1.43. The minimum absolute atomic E-state index is 0.137. The van der Waals surface area contributed by atoms with Crippen molar-refractivity contribution in [2.75, 3.05) is 23.9 Å². The Hall–Kier alpha value is -2.45. The molecule has 0 aliphatic heterocycles. The second-order valence-corrected chi connectivity index (χ2v) is 8.58. The lowest BCUT2D eigenvalue weighted by molar-refractivity contribution is -0.115. The van der Waals surface area contributed by atoms with E-state index in [1.807, 2.05) is 24.3 Å². The third kappa shape index (κ3) is 6.83. The second-order valence-electron chi connectivity index (χ2n) is 6.08. The van der Waals surface area contributed by atoms with Crippen LogP contribution in [0.15, 0.2) is 62.7 Å². The maximum Gasteiger partial charge on any atom is 0.322 e. The van der Waals surface area contributed by atoms with E-state index in [4.69, 9.17) is 9.15 Å². The summed E-state index contributed by atoms with van der Waals surface area (Å²) >= 11 is 3.41. The summed E-state index contributed by atoms with van der Waals surface area (Å²) in [7, 11) is 1.64. The van der Waals surface area contributed by atoms with E-state index in [9.17, 15) is 4.79 Å². The number of ether oxygens (including phenoxy) is 1. The molecule has 3 rings (SSSR count). The van der Waals surface area contributed by atoms with Gasteiger partial charge in [0, 0.05) is 22.0 Å². The summed E-state index contributed by atoms with van der Waals surface area (Å²) in [5, 5.41) is 10.6. The van der Waals surface area contributed by atoms with Crippen LogP contribution < -0.4 is 10.1 Å². The van der Waals surface area contributed by atoms with E-state index >= 15 is 0 Å². The van der Waals surface area contributed by atoms with Crippen LogP contribution in [0.4, 0.5) is 6.01 Å². The zero-order chi connectivity index (χ0) is 20.5. The molecule has 0 saturated carbocycles. The Kier molecular flexibility index (Phi) is 8.01. The Bertz CT molecular complexity index is 912. The van der Waals surface area contributed by atoms with Crippen LogP contribution >= 0.6 is 23.5 Å². The molecule has 8 heteroatoms. The number of carbonyl (C=O) groups excluding carboxylic acids is 1. The molecular formula is C21H23N3O3S2. The average Bonchev–Trinajstić information content (AvgIpc) is 3.17. The van der Waals surface area contributed by atoms with Gasteiger partial charge in [-0.1, -0.05) is 24.2 Å². The Labute approximate surface area is 178 Å². The number of thioether (sulfide) groups is 2. The number of nitrogens with zero attached hydrogens (tertiary/aromatic N) is 2. The number of amides is 1. The van der Waals surface area contributed by atoms with Crippen LogP contribution in [-0.2, 0) is 11.2 Å². The van der Waals surface area contributed by atoms with Crippen molar-refractivity contribution in [1.29, 1.82) is 0 Å². The van der Waals surface area contributed by atoms with Gasteiger partial charge in [-0.15, -0.1) is 28.6 Å². The molecule has 0 saturated heterocycles. The third-order valence-electron chi connectivity index (χ3n) is 3.96. The molecule has 6 nitrogen and oxygen atoms in total. The van der Waals surface area contributed by atoms with Gasteiger partial charge in [-0.05, 0) is 47.7 Å². The average molecular weight is 430 g/mol. The zero-order valence-corrected chi connectivity index (χ0v) is 18.0. The van der Waals surface area contributed by atoms with Crippen molar-refractivity contribution in [1.82, 2.24) is 10.2 Å². The lowest BCUT2D eigenvalue weighted by atomic mass is 10.1. The molecule has 3 aromatic rings. The van der Waals surface area contributed by atoms with Gasteiger partial charge in [0.2, 0.25) is 11.8 Å². The summed E-state index contributed by atoms with van der Waals surface area (Å²) in [6.45, 7) is 2.13. The van der Waals surface area contributed by atoms with E-state index in [0.29, 0.717) is 24.5 Å². The molecule has 0 aliphatic carbocycles. The van der Waals surface area contributed by atoms with Gasteiger partial charge in [0.05, 0.1) is 13.5 Å². The fourth-order valence-corrected chi connectivity index (χ4v) is 4.05. The first-order chi connectivity index (χ1) is 14.2. The summed E-state index contributed by atoms with van der Waals surface area (Å²) in [4.78, 5) is 14.4. The van der Waals surface area contributed by atoms with E-state index < -0.39 is 0 Å². The maximum atomic E-state index is 12.1. The summed E-state index contributed by atoms with van der Waals surface area (Å²) in [6, 6.07) is 16.2. The first-order valence-corrected chi connectivity index (χ1v) is 11.2. The van der Waals surface area contributed by atoms with Gasteiger partial charge in [0.15, 0.2) is 0 Å². The minimum Gasteiger partial charge on any atom is -0.497 e. The molecule has 0 unspecified atom stereocenters. The number of hydrogen-bond acceptors (Lipinski definition) is 7. The number of aromatic nitrogens is 2. The highest BCUT2D eigenvalue weighted by atomic mass is 32.2. The molecule has 1 aromatic heterocycles. The van der Waals surface area contributed by atoms with E-state index in [1.54, 1.807) is 30.6 Å². The highest BCUT2D eigenvalue weighted by Gasteiger charge is 2.10. The molecule has 1 amide bonds. The molecule has 0 aliphatic rings.